The Morgan fingerprint density at radius 1 is 0.404 bits per heavy atom. The summed E-state index contributed by atoms with van der Waals surface area (Å²) in [4.78, 5) is 207. The molecule has 0 amide bonds. The van der Waals surface area contributed by atoms with Gasteiger partial charge in [0.15, 0.2) is 52.2 Å². The van der Waals surface area contributed by atoms with Crippen LogP contribution in [0, 0.1) is 13.8 Å². The highest BCUT2D eigenvalue weighted by Crippen LogP contribution is 2.56. The van der Waals surface area contributed by atoms with Crippen molar-refractivity contribution in [3.63, 3.8) is 0 Å². The molecule has 22 N–H and O–H groups in total. The normalized spacial score (nSPS) is 29.7. The Morgan fingerprint density at radius 3 is 1.02 bits per heavy atom. The van der Waals surface area contributed by atoms with Gasteiger partial charge in [-0.15, -0.1) is 0 Å². The predicted octanol–water partition coefficient (Wildman–Crippen LogP) is -6.20. The number of aliphatic hydroxyl groups is 3. The lowest BCUT2D eigenvalue weighted by molar-refractivity contribution is -0.0639. The van der Waals surface area contributed by atoms with Gasteiger partial charge in [0, 0.05) is 36.4 Å². The molecule has 114 heavy (non-hydrogen) atoms. The highest BCUT2D eigenvalue weighted by Gasteiger charge is 2.56. The van der Waals surface area contributed by atoms with Crippen molar-refractivity contribution in [1.82, 2.24) is 77.7 Å². The number of aryl methyl sites for hydroxylation is 2. The van der Waals surface area contributed by atoms with Gasteiger partial charge in [0.25, 0.3) is 27.8 Å². The number of rotatable bonds is 30. The van der Waals surface area contributed by atoms with Gasteiger partial charge in [-0.3, -0.25) is 117 Å². The average Bonchev–Trinajstić information content (AvgIpc) is 1.63. The van der Waals surface area contributed by atoms with Crippen molar-refractivity contribution in [3.8, 4) is 0 Å². The summed E-state index contributed by atoms with van der Waals surface area (Å²) in [5, 5.41) is 36.0. The molecule has 22 atom stereocenters. The molecular weight excluding hydrogens is 1680 g/mol. The number of H-pyrrole nitrogens is 5. The number of phosphoric ester groups is 6. The van der Waals surface area contributed by atoms with Crippen LogP contribution >= 0.6 is 46.9 Å². The highest BCUT2D eigenvalue weighted by molar-refractivity contribution is 7.48. The summed E-state index contributed by atoms with van der Waals surface area (Å²) in [6.45, 7) is -3.87. The Kier molecular flexibility index (Phi) is 23.5. The van der Waals surface area contributed by atoms with E-state index in [-0.39, 0.29) is 11.1 Å². The fourth-order valence-electron chi connectivity index (χ4n) is 12.7. The zero-order valence-corrected chi connectivity index (χ0v) is 62.8. The molecule has 4 unspecified atom stereocenters. The quantitative estimate of drug-likeness (QED) is 0.0186. The minimum Gasteiger partial charge on any atom is -0.386 e. The molecule has 5 aliphatic heterocycles. The number of aliphatic hydroxyl groups excluding tert-OH is 3. The summed E-state index contributed by atoms with van der Waals surface area (Å²) in [5.41, 5.74) is 8.19. The molecule has 5 saturated heterocycles. The van der Waals surface area contributed by atoms with Crippen molar-refractivity contribution in [1.29, 1.82) is 0 Å². The van der Waals surface area contributed by atoms with E-state index in [0.717, 1.165) is 54.2 Å². The SMILES string of the molecule is Cc1cn([C@H]2C[C@H](OP(=O)(O)O)[C@@H](COP(=O)(O)O[C@H]3[C@@H](O)[C@H](n4cnc5c(=O)[nH]c(N)nc54)O[C@@H]3COP(=O)(O)O[C@H]3[C@@H](O)[C@H](n4cnc5c(=O)[nH]c(N)nc54)O[C@@H]3COP(=O)(O)O[C@H]3[C@@H](O)[C@H](n4cnc5c(=O)[nH]c(N)nc54)O[C@@H]3COP(=O)(O)O[C@H]3C[C@H](n4cc(C)c(=O)[nH]c4=O)O[C@@H]3COP(=O)(O)O)O2)c(=O)[nH]c1=O. The number of fused-ring (bicyclic) bond motifs is 3. The summed E-state index contributed by atoms with van der Waals surface area (Å²) in [5.74, 6) is -1.57. The Bertz CT molecular complexity index is 5780. The van der Waals surface area contributed by atoms with Gasteiger partial charge in [0.05, 0.1) is 52.0 Å². The Labute approximate surface area is 627 Å². The summed E-state index contributed by atoms with van der Waals surface area (Å²) in [6.07, 6.45) is -32.9. The van der Waals surface area contributed by atoms with Crippen LogP contribution < -0.4 is 56.4 Å². The number of aromatic amines is 5. The van der Waals surface area contributed by atoms with Crippen LogP contribution in [0.5, 0.6) is 0 Å². The van der Waals surface area contributed by atoms with Crippen LogP contribution in [0.25, 0.3) is 33.5 Å². The standard InChI is InChI=1S/C50H65N19O39P6/c1-15-5-65(49(78)63-38(15)73)24-3-17(104-110(83,84)85)20(100-24)8-95-112(88,89)106-33-22(102-44(30(33)71)68-13-55-27-36(68)58-47(52)61-41(27)76)10-97-114(92,93)108-34-23(103-45(31(34)72)69-14-56-28-37(69)59-48(53)62-42(28)77)11-98-113(90,91)107-32-21(101-43(29(32)70)67-12-54-26-35(67)57-46(51)60-40(26)75)9-96-111(86,87)105-18-4-25(99-19(18)7-94-109(80,81)82)66-6-16(2)39(74)64-50(66)79/h5-6,12-14,17-25,29-34,43-45,70-72H,3-4,7-11H2,1-2H3,(H,86,87)(H,88,89)(H,90,91)(H,92,93)(H,63,73,78)(H,64,74,79)(H2,80,81,82)(H2,83,84,85)(H3,51,57,60,75)(H3,52,58,61,76)(H3,53,59,62,77)/t17-,18-,19+,20+,21+,22+,23+,24+,25+,29+,30+,31+,32+,33+,34+,43+,44+,45+/m0/s1. The van der Waals surface area contributed by atoms with Gasteiger partial charge >= 0.3 is 58.3 Å². The molecule has 5 fully saturated rings. The highest BCUT2D eigenvalue weighted by atomic mass is 31.2. The monoisotopic (exact) mass is 1740 g/mol. The third-order valence-corrected chi connectivity index (χ3v) is 22.7. The Hall–Kier alpha value is -7.85. The van der Waals surface area contributed by atoms with Crippen LogP contribution in [0.3, 0.4) is 0 Å². The first-order valence-electron chi connectivity index (χ1n) is 32.5. The lowest BCUT2D eigenvalue weighted by Crippen LogP contribution is -2.38. The summed E-state index contributed by atoms with van der Waals surface area (Å²) in [6, 6.07) is 0. The van der Waals surface area contributed by atoms with E-state index in [1.54, 1.807) is 0 Å². The van der Waals surface area contributed by atoms with Crippen molar-refractivity contribution in [2.75, 3.05) is 50.2 Å². The number of hydrogen-bond acceptors (Lipinski definition) is 40. The molecule has 0 spiro atoms. The lowest BCUT2D eigenvalue weighted by atomic mass is 10.1. The van der Waals surface area contributed by atoms with E-state index < -0.39 is 294 Å². The van der Waals surface area contributed by atoms with Crippen LogP contribution in [0.1, 0.15) is 55.1 Å². The number of imidazole rings is 3. The van der Waals surface area contributed by atoms with Crippen molar-refractivity contribution in [2.45, 2.75) is 137 Å². The number of nitrogens with two attached hydrogens (primary N) is 3. The maximum Gasteiger partial charge on any atom is 0.472 e. The molecular formula is C50H65N19O39P6. The van der Waals surface area contributed by atoms with E-state index in [2.05, 4.69) is 49.4 Å². The zero-order chi connectivity index (χ0) is 82.5. The van der Waals surface area contributed by atoms with E-state index in [4.69, 9.17) is 81.6 Å². The van der Waals surface area contributed by atoms with E-state index in [1.165, 1.54) is 13.8 Å². The first-order chi connectivity index (χ1) is 53.3. The Balaban J connectivity index is 0.753. The molecule has 8 aromatic rings. The van der Waals surface area contributed by atoms with Crippen molar-refractivity contribution < 1.29 is 151 Å². The molecule has 8 aromatic heterocycles. The van der Waals surface area contributed by atoms with Gasteiger partial charge in [0.1, 0.15) is 91.8 Å². The number of aromatic nitrogens is 16. The lowest BCUT2D eigenvalue weighted by Gasteiger charge is -2.27. The first-order valence-corrected chi connectivity index (χ1v) is 41.5. The van der Waals surface area contributed by atoms with Gasteiger partial charge in [-0.2, -0.15) is 15.0 Å². The molecule has 13 rings (SSSR count). The van der Waals surface area contributed by atoms with Gasteiger partial charge in [-0.05, 0) is 13.8 Å². The number of hydrogen-bond donors (Lipinski definition) is 19. The molecule has 0 radical (unpaired) electrons. The molecule has 5 aliphatic rings. The number of anilines is 3. The van der Waals surface area contributed by atoms with E-state index in [0.29, 0.717) is 0 Å². The molecule has 13 heterocycles. The maximum absolute atomic E-state index is 14.5. The maximum atomic E-state index is 14.5. The largest absolute Gasteiger partial charge is 0.472 e. The zero-order valence-electron chi connectivity index (χ0n) is 57.4. The molecule has 58 nitrogen and oxygen atoms in total. The number of nitrogens with zero attached hydrogens (tertiary/aromatic N) is 11. The predicted molar refractivity (Wildman–Crippen MR) is 364 cm³/mol. The second-order valence-corrected chi connectivity index (χ2v) is 33.6. The second kappa shape index (κ2) is 31.9. The minimum atomic E-state index is -6.00. The van der Waals surface area contributed by atoms with Gasteiger partial charge in [-0.1, -0.05) is 0 Å². The average molecular weight is 1740 g/mol. The molecule has 624 valence electrons. The van der Waals surface area contributed by atoms with Crippen molar-refractivity contribution in [2.24, 2.45) is 0 Å². The van der Waals surface area contributed by atoms with Crippen LogP contribution in [0.4, 0.5) is 17.8 Å². The van der Waals surface area contributed by atoms with E-state index in [1.807, 2.05) is 9.97 Å². The third-order valence-electron chi connectivity index (χ3n) is 17.7. The van der Waals surface area contributed by atoms with Crippen molar-refractivity contribution >= 4 is 98.3 Å². The van der Waals surface area contributed by atoms with Crippen LogP contribution in [0.2, 0.25) is 0 Å². The molecule has 0 aliphatic carbocycles. The number of nitrogens with one attached hydrogen (secondary N) is 5. The Morgan fingerprint density at radius 2 is 0.702 bits per heavy atom. The summed E-state index contributed by atoms with van der Waals surface area (Å²) in [7, 11) is -34.2. The molecule has 0 bridgehead atoms. The topological polar surface area (TPSA) is 842 Å². The van der Waals surface area contributed by atoms with Crippen molar-refractivity contribution in [3.05, 3.63) is 115 Å². The summed E-state index contributed by atoms with van der Waals surface area (Å²) >= 11 is 0. The van der Waals surface area contributed by atoms with E-state index >= 15 is 0 Å². The fraction of sp³-hybridized carbons (Fsp3) is 0.540. The third kappa shape index (κ3) is 18.3. The van der Waals surface area contributed by atoms with Gasteiger partial charge < -0.3 is 95.4 Å². The first kappa shape index (κ1) is 84.1. The number of phosphoric acid groups is 6. The fourth-order valence-corrected chi connectivity index (χ4v) is 17.4. The molecule has 64 heteroatoms. The minimum absolute atomic E-state index is 0.0276. The van der Waals surface area contributed by atoms with Crippen LogP contribution in [0.15, 0.2) is 64.9 Å². The molecule has 0 aromatic carbocycles. The van der Waals surface area contributed by atoms with Crippen LogP contribution in [-0.2, 0) is 96.3 Å². The number of nitrogen functional groups attached to an aromatic ring is 3. The second-order valence-electron chi connectivity index (χ2n) is 25.5. The van der Waals surface area contributed by atoms with Crippen LogP contribution in [-0.4, -0.2) is 245 Å². The van der Waals surface area contributed by atoms with Gasteiger partial charge in [0.2, 0.25) is 17.8 Å². The van der Waals surface area contributed by atoms with Gasteiger partial charge in [-0.25, -0.2) is 51.9 Å². The summed E-state index contributed by atoms with van der Waals surface area (Å²) < 4.78 is 166. The smallest absolute Gasteiger partial charge is 0.386 e. The van der Waals surface area contributed by atoms with E-state index in [9.17, 15) is 115 Å². The number of ether oxygens (including phenoxy) is 5. The molecule has 0 saturated carbocycles.